The number of nitrogens with zero attached hydrogens (tertiary/aromatic N) is 2. The van der Waals surface area contributed by atoms with Crippen LogP contribution in [0.3, 0.4) is 0 Å². The van der Waals surface area contributed by atoms with Crippen LogP contribution >= 0.6 is 0 Å². The first-order valence-corrected chi connectivity index (χ1v) is 18.3. The number of benzene rings is 8. The highest BCUT2D eigenvalue weighted by Crippen LogP contribution is 2.36. The molecule has 0 amide bonds. The Balaban J connectivity index is 1.17. The van der Waals surface area contributed by atoms with Crippen molar-refractivity contribution in [2.75, 3.05) is 0 Å². The summed E-state index contributed by atoms with van der Waals surface area (Å²) in [4.78, 5) is 10.5. The summed E-state index contributed by atoms with van der Waals surface area (Å²) in [6.45, 7) is 0. The molecule has 0 aliphatic rings. The Morgan fingerprint density at radius 1 is 0.185 bits per heavy atom. The van der Waals surface area contributed by atoms with Crippen molar-refractivity contribution in [3.8, 4) is 89.5 Å². The zero-order valence-electron chi connectivity index (χ0n) is 29.7. The highest BCUT2D eigenvalue weighted by atomic mass is 14.9. The van der Waals surface area contributed by atoms with E-state index in [4.69, 9.17) is 9.97 Å². The van der Waals surface area contributed by atoms with E-state index in [1.54, 1.807) is 0 Å². The van der Waals surface area contributed by atoms with Gasteiger partial charge in [0.2, 0.25) is 0 Å². The zero-order chi connectivity index (χ0) is 36.1. The van der Waals surface area contributed by atoms with Gasteiger partial charge in [0.25, 0.3) is 0 Å². The molecule has 9 rings (SSSR count). The van der Waals surface area contributed by atoms with Crippen LogP contribution in [0.25, 0.3) is 89.5 Å². The van der Waals surface area contributed by atoms with Crippen LogP contribution < -0.4 is 0 Å². The molecule has 54 heavy (non-hydrogen) atoms. The van der Waals surface area contributed by atoms with Gasteiger partial charge in [-0.05, 0) is 79.9 Å². The van der Waals surface area contributed by atoms with Crippen LogP contribution in [-0.2, 0) is 0 Å². The van der Waals surface area contributed by atoms with Gasteiger partial charge in [-0.2, -0.15) is 0 Å². The SMILES string of the molecule is c1ccc(-c2ccc(-c3cc(-c4ccc(-c5ccccc5)cc4)cc(-c4nc(-c5ccccc5)cc(-c5ccc(-c6ccccc6)cc5)n4)c3)cc2)cc1. The fraction of sp³-hybridized carbons (Fsp3) is 0. The molecule has 0 radical (unpaired) electrons. The summed E-state index contributed by atoms with van der Waals surface area (Å²) >= 11 is 0. The van der Waals surface area contributed by atoms with Gasteiger partial charge in [-0.3, -0.25) is 0 Å². The first kappa shape index (κ1) is 32.7. The lowest BCUT2D eigenvalue weighted by atomic mass is 9.93. The molecule has 0 spiro atoms. The lowest BCUT2D eigenvalue weighted by Crippen LogP contribution is -1.97. The van der Waals surface area contributed by atoms with E-state index in [2.05, 4.69) is 206 Å². The highest BCUT2D eigenvalue weighted by molar-refractivity contribution is 5.83. The Bertz CT molecular complexity index is 2530. The van der Waals surface area contributed by atoms with Gasteiger partial charge in [0.05, 0.1) is 11.4 Å². The second kappa shape index (κ2) is 14.8. The molecule has 0 aliphatic heterocycles. The third-order valence-corrected chi connectivity index (χ3v) is 9.93. The van der Waals surface area contributed by atoms with Crippen LogP contribution in [0.4, 0.5) is 0 Å². The second-order valence-electron chi connectivity index (χ2n) is 13.5. The normalized spacial score (nSPS) is 11.0. The topological polar surface area (TPSA) is 25.8 Å². The Kier molecular flexibility index (Phi) is 8.99. The highest BCUT2D eigenvalue weighted by Gasteiger charge is 2.15. The van der Waals surface area contributed by atoms with Crippen molar-refractivity contribution in [3.63, 3.8) is 0 Å². The molecule has 0 aliphatic carbocycles. The first-order valence-electron chi connectivity index (χ1n) is 18.3. The number of rotatable bonds is 8. The summed E-state index contributed by atoms with van der Waals surface area (Å²) in [5.74, 6) is 0.684. The van der Waals surface area contributed by atoms with Crippen LogP contribution in [0.5, 0.6) is 0 Å². The quantitative estimate of drug-likeness (QED) is 0.159. The molecule has 0 saturated carbocycles. The molecule has 0 atom stereocenters. The van der Waals surface area contributed by atoms with E-state index in [9.17, 15) is 0 Å². The summed E-state index contributed by atoms with van der Waals surface area (Å²) in [5, 5.41) is 0. The Labute approximate surface area is 316 Å². The zero-order valence-corrected chi connectivity index (χ0v) is 29.7. The molecule has 0 fully saturated rings. The minimum atomic E-state index is 0.684. The fourth-order valence-corrected chi connectivity index (χ4v) is 7.01. The van der Waals surface area contributed by atoms with E-state index in [0.29, 0.717) is 5.82 Å². The van der Waals surface area contributed by atoms with Crippen LogP contribution in [0.15, 0.2) is 218 Å². The first-order chi connectivity index (χ1) is 26.7. The predicted octanol–water partition coefficient (Wildman–Crippen LogP) is 13.8. The molecule has 0 N–H and O–H groups in total. The maximum Gasteiger partial charge on any atom is 0.160 e. The standard InChI is InChI=1S/C52H36N2/c1-5-13-37(14-6-1)40-21-25-43(26-22-40)47-33-48(44-27-23-41(24-28-44)38-15-7-2-8-16-38)35-49(34-47)52-53-50(45-19-11-4-12-20-45)36-51(54-52)46-31-29-42(30-32-46)39-17-9-3-10-18-39/h1-36H. The molecule has 2 nitrogen and oxygen atoms in total. The Morgan fingerprint density at radius 3 is 0.778 bits per heavy atom. The van der Waals surface area contributed by atoms with Crippen LogP contribution in [0.2, 0.25) is 0 Å². The maximum atomic E-state index is 5.27. The molecule has 1 heterocycles. The third-order valence-electron chi connectivity index (χ3n) is 9.93. The van der Waals surface area contributed by atoms with Crippen LogP contribution in [0, 0.1) is 0 Å². The van der Waals surface area contributed by atoms with Crippen molar-refractivity contribution in [3.05, 3.63) is 218 Å². The minimum Gasteiger partial charge on any atom is -0.228 e. The number of hydrogen-bond acceptors (Lipinski definition) is 2. The summed E-state index contributed by atoms with van der Waals surface area (Å²) in [5.41, 5.74) is 16.4. The van der Waals surface area contributed by atoms with Crippen molar-refractivity contribution in [1.29, 1.82) is 0 Å². The van der Waals surface area contributed by atoms with Gasteiger partial charge < -0.3 is 0 Å². The van der Waals surface area contributed by atoms with E-state index >= 15 is 0 Å². The van der Waals surface area contributed by atoms with Gasteiger partial charge in [-0.1, -0.05) is 194 Å². The van der Waals surface area contributed by atoms with Crippen molar-refractivity contribution >= 4 is 0 Å². The van der Waals surface area contributed by atoms with Crippen molar-refractivity contribution < 1.29 is 0 Å². The number of hydrogen-bond donors (Lipinski definition) is 0. The van der Waals surface area contributed by atoms with Gasteiger partial charge in [-0.15, -0.1) is 0 Å². The van der Waals surface area contributed by atoms with Gasteiger partial charge >= 0.3 is 0 Å². The van der Waals surface area contributed by atoms with E-state index in [1.807, 2.05) is 12.1 Å². The molecule has 254 valence electrons. The van der Waals surface area contributed by atoms with Crippen LogP contribution in [0.1, 0.15) is 0 Å². The molecule has 9 aromatic rings. The second-order valence-corrected chi connectivity index (χ2v) is 13.5. The van der Waals surface area contributed by atoms with Crippen molar-refractivity contribution in [2.24, 2.45) is 0 Å². The Morgan fingerprint density at radius 2 is 0.426 bits per heavy atom. The molecular formula is C52H36N2. The summed E-state index contributed by atoms with van der Waals surface area (Å²) in [6.07, 6.45) is 0. The van der Waals surface area contributed by atoms with E-state index < -0.39 is 0 Å². The molecule has 2 heteroatoms. The summed E-state index contributed by atoms with van der Waals surface area (Å²) in [7, 11) is 0. The van der Waals surface area contributed by atoms with Gasteiger partial charge in [0.1, 0.15) is 0 Å². The predicted molar refractivity (Wildman–Crippen MR) is 226 cm³/mol. The number of aromatic nitrogens is 2. The lowest BCUT2D eigenvalue weighted by molar-refractivity contribution is 1.18. The van der Waals surface area contributed by atoms with E-state index in [-0.39, 0.29) is 0 Å². The third kappa shape index (κ3) is 7.01. The van der Waals surface area contributed by atoms with Gasteiger partial charge in [-0.25, -0.2) is 9.97 Å². The summed E-state index contributed by atoms with van der Waals surface area (Å²) < 4.78 is 0. The minimum absolute atomic E-state index is 0.684. The fourth-order valence-electron chi connectivity index (χ4n) is 7.01. The van der Waals surface area contributed by atoms with E-state index in [0.717, 1.165) is 50.3 Å². The molecular weight excluding hydrogens is 653 g/mol. The van der Waals surface area contributed by atoms with Gasteiger partial charge in [0.15, 0.2) is 5.82 Å². The Hall–Kier alpha value is -7.16. The molecule has 0 unspecified atom stereocenters. The smallest absolute Gasteiger partial charge is 0.160 e. The molecule has 1 aromatic heterocycles. The monoisotopic (exact) mass is 688 g/mol. The van der Waals surface area contributed by atoms with Crippen LogP contribution in [-0.4, -0.2) is 9.97 Å². The molecule has 0 bridgehead atoms. The van der Waals surface area contributed by atoms with Crippen molar-refractivity contribution in [1.82, 2.24) is 9.97 Å². The largest absolute Gasteiger partial charge is 0.228 e. The van der Waals surface area contributed by atoms with Gasteiger partial charge in [0, 0.05) is 16.7 Å². The average Bonchev–Trinajstić information content (AvgIpc) is 3.27. The lowest BCUT2D eigenvalue weighted by Gasteiger charge is -2.14. The average molecular weight is 689 g/mol. The maximum absolute atomic E-state index is 5.27. The molecule has 8 aromatic carbocycles. The molecule has 0 saturated heterocycles. The van der Waals surface area contributed by atoms with E-state index in [1.165, 1.54) is 33.4 Å². The summed E-state index contributed by atoms with van der Waals surface area (Å²) in [6, 6.07) is 77.0. The van der Waals surface area contributed by atoms with Crippen molar-refractivity contribution in [2.45, 2.75) is 0 Å².